The van der Waals surface area contributed by atoms with Crippen LogP contribution in [0.5, 0.6) is 0 Å². The average molecular weight is 242 g/mol. The Labute approximate surface area is 102 Å². The maximum Gasteiger partial charge on any atom is 0.310 e. The van der Waals surface area contributed by atoms with E-state index in [1.165, 1.54) is 0 Å². The Balaban J connectivity index is 2.61. The van der Waals surface area contributed by atoms with Crippen LogP contribution in [0.15, 0.2) is 0 Å². The molecule has 1 N–H and O–H groups in total. The van der Waals surface area contributed by atoms with Gasteiger partial charge in [0.2, 0.25) is 0 Å². The van der Waals surface area contributed by atoms with Gasteiger partial charge in [-0.15, -0.1) is 0 Å². The van der Waals surface area contributed by atoms with E-state index in [1.807, 2.05) is 13.8 Å². The number of ether oxygens (including phenoxy) is 1. The SMILES string of the molecule is CCC(CC)OC(=O)C1CCCCC1C(=O)O. The van der Waals surface area contributed by atoms with E-state index in [0.29, 0.717) is 12.8 Å². The van der Waals surface area contributed by atoms with Crippen LogP contribution in [-0.2, 0) is 14.3 Å². The van der Waals surface area contributed by atoms with Gasteiger partial charge in [-0.2, -0.15) is 0 Å². The van der Waals surface area contributed by atoms with Crippen molar-refractivity contribution in [3.05, 3.63) is 0 Å². The van der Waals surface area contributed by atoms with Gasteiger partial charge in [-0.25, -0.2) is 0 Å². The van der Waals surface area contributed by atoms with Crippen molar-refractivity contribution in [2.75, 3.05) is 0 Å². The topological polar surface area (TPSA) is 63.6 Å². The summed E-state index contributed by atoms with van der Waals surface area (Å²) in [5.74, 6) is -2.17. The Bertz CT molecular complexity index is 271. The standard InChI is InChI=1S/C13H22O4/c1-3-9(4-2)17-13(16)11-8-6-5-7-10(11)12(14)15/h9-11H,3-8H2,1-2H3,(H,14,15). The Morgan fingerprint density at radius 2 is 1.71 bits per heavy atom. The van der Waals surface area contributed by atoms with Gasteiger partial charge in [0.25, 0.3) is 0 Å². The molecule has 2 unspecified atom stereocenters. The molecule has 1 aliphatic carbocycles. The number of carboxylic acids is 1. The van der Waals surface area contributed by atoms with Crippen LogP contribution in [0.1, 0.15) is 52.4 Å². The summed E-state index contributed by atoms with van der Waals surface area (Å²) in [5, 5.41) is 9.10. The first-order valence-electron chi connectivity index (χ1n) is 6.53. The molecule has 0 bridgehead atoms. The molecule has 17 heavy (non-hydrogen) atoms. The van der Waals surface area contributed by atoms with Crippen LogP contribution >= 0.6 is 0 Å². The Kier molecular flexibility index (Phi) is 5.45. The van der Waals surface area contributed by atoms with Gasteiger partial charge in [-0.1, -0.05) is 26.7 Å². The third-order valence-electron chi connectivity index (χ3n) is 3.58. The molecule has 0 aromatic heterocycles. The van der Waals surface area contributed by atoms with E-state index in [2.05, 4.69) is 0 Å². The second-order valence-electron chi connectivity index (χ2n) is 4.71. The lowest BCUT2D eigenvalue weighted by Gasteiger charge is -2.28. The van der Waals surface area contributed by atoms with Crippen LogP contribution in [0.4, 0.5) is 0 Å². The van der Waals surface area contributed by atoms with Crippen LogP contribution in [0.3, 0.4) is 0 Å². The molecule has 0 saturated heterocycles. The Morgan fingerprint density at radius 1 is 1.18 bits per heavy atom. The molecule has 0 spiro atoms. The summed E-state index contributed by atoms with van der Waals surface area (Å²) in [5.41, 5.74) is 0. The van der Waals surface area contributed by atoms with Crippen LogP contribution in [-0.4, -0.2) is 23.1 Å². The van der Waals surface area contributed by atoms with Gasteiger partial charge in [-0.3, -0.25) is 9.59 Å². The fourth-order valence-corrected chi connectivity index (χ4v) is 2.42. The number of hydrogen-bond acceptors (Lipinski definition) is 3. The normalized spacial score (nSPS) is 24.6. The predicted molar refractivity (Wildman–Crippen MR) is 63.5 cm³/mol. The number of aliphatic carboxylic acids is 1. The molecular weight excluding hydrogens is 220 g/mol. The number of esters is 1. The molecule has 0 heterocycles. The first kappa shape index (κ1) is 14.0. The van der Waals surface area contributed by atoms with Crippen LogP contribution in [0, 0.1) is 11.8 Å². The van der Waals surface area contributed by atoms with E-state index < -0.39 is 17.8 Å². The number of rotatable bonds is 5. The summed E-state index contributed by atoms with van der Waals surface area (Å²) in [6.07, 6.45) is 4.56. The van der Waals surface area contributed by atoms with E-state index in [-0.39, 0.29) is 12.1 Å². The molecule has 1 fully saturated rings. The third-order valence-corrected chi connectivity index (χ3v) is 3.58. The summed E-state index contributed by atoms with van der Waals surface area (Å²) < 4.78 is 5.37. The molecule has 0 aromatic rings. The highest BCUT2D eigenvalue weighted by atomic mass is 16.5. The van der Waals surface area contributed by atoms with Crippen molar-refractivity contribution in [3.63, 3.8) is 0 Å². The van der Waals surface area contributed by atoms with Gasteiger partial charge in [-0.05, 0) is 25.7 Å². The monoisotopic (exact) mass is 242 g/mol. The highest BCUT2D eigenvalue weighted by Crippen LogP contribution is 2.31. The van der Waals surface area contributed by atoms with Crippen molar-refractivity contribution in [2.45, 2.75) is 58.5 Å². The maximum absolute atomic E-state index is 12.0. The maximum atomic E-state index is 12.0. The van der Waals surface area contributed by atoms with Crippen molar-refractivity contribution in [1.82, 2.24) is 0 Å². The highest BCUT2D eigenvalue weighted by Gasteiger charge is 2.37. The lowest BCUT2D eigenvalue weighted by Crippen LogP contribution is -2.35. The molecule has 1 saturated carbocycles. The number of carbonyl (C=O) groups excluding carboxylic acids is 1. The minimum Gasteiger partial charge on any atom is -0.481 e. The molecule has 4 heteroatoms. The second kappa shape index (κ2) is 6.62. The van der Waals surface area contributed by atoms with Crippen molar-refractivity contribution < 1.29 is 19.4 Å². The van der Waals surface area contributed by atoms with Crippen LogP contribution < -0.4 is 0 Å². The fraction of sp³-hybridized carbons (Fsp3) is 0.846. The van der Waals surface area contributed by atoms with E-state index in [0.717, 1.165) is 25.7 Å². The van der Waals surface area contributed by atoms with Gasteiger partial charge in [0, 0.05) is 0 Å². The molecular formula is C13H22O4. The lowest BCUT2D eigenvalue weighted by molar-refractivity contribution is -0.163. The number of hydrogen-bond donors (Lipinski definition) is 1. The van der Waals surface area contributed by atoms with Gasteiger partial charge >= 0.3 is 11.9 Å². The summed E-state index contributed by atoms with van der Waals surface area (Å²) in [7, 11) is 0. The molecule has 0 aliphatic heterocycles. The highest BCUT2D eigenvalue weighted by molar-refractivity contribution is 5.81. The predicted octanol–water partition coefficient (Wildman–Crippen LogP) is 2.61. The van der Waals surface area contributed by atoms with E-state index in [1.54, 1.807) is 0 Å². The van der Waals surface area contributed by atoms with Crippen molar-refractivity contribution in [3.8, 4) is 0 Å². The first-order chi connectivity index (χ1) is 8.10. The van der Waals surface area contributed by atoms with Crippen molar-refractivity contribution in [1.29, 1.82) is 0 Å². The summed E-state index contributed by atoms with van der Waals surface area (Å²) in [6.45, 7) is 3.94. The first-order valence-corrected chi connectivity index (χ1v) is 6.53. The summed E-state index contributed by atoms with van der Waals surface area (Å²) in [4.78, 5) is 23.0. The molecule has 1 rings (SSSR count). The van der Waals surface area contributed by atoms with E-state index >= 15 is 0 Å². The Hall–Kier alpha value is -1.06. The van der Waals surface area contributed by atoms with E-state index in [4.69, 9.17) is 9.84 Å². The minimum absolute atomic E-state index is 0.0705. The van der Waals surface area contributed by atoms with Gasteiger partial charge in [0.15, 0.2) is 0 Å². The summed E-state index contributed by atoms with van der Waals surface area (Å²) in [6, 6.07) is 0. The molecule has 98 valence electrons. The average Bonchev–Trinajstić information content (AvgIpc) is 2.35. The number of carbonyl (C=O) groups is 2. The molecule has 2 atom stereocenters. The quantitative estimate of drug-likeness (QED) is 0.753. The molecule has 4 nitrogen and oxygen atoms in total. The minimum atomic E-state index is -0.865. The molecule has 0 radical (unpaired) electrons. The zero-order valence-electron chi connectivity index (χ0n) is 10.6. The third kappa shape index (κ3) is 3.72. The van der Waals surface area contributed by atoms with E-state index in [9.17, 15) is 9.59 Å². The summed E-state index contributed by atoms with van der Waals surface area (Å²) >= 11 is 0. The molecule has 1 aliphatic rings. The van der Waals surface area contributed by atoms with Crippen molar-refractivity contribution in [2.24, 2.45) is 11.8 Å². The second-order valence-corrected chi connectivity index (χ2v) is 4.71. The van der Waals surface area contributed by atoms with Crippen molar-refractivity contribution >= 4 is 11.9 Å². The zero-order valence-corrected chi connectivity index (χ0v) is 10.6. The van der Waals surface area contributed by atoms with Gasteiger partial charge < -0.3 is 9.84 Å². The lowest BCUT2D eigenvalue weighted by atomic mass is 9.79. The Morgan fingerprint density at radius 3 is 2.18 bits per heavy atom. The van der Waals surface area contributed by atoms with Gasteiger partial charge in [0.05, 0.1) is 11.8 Å². The number of carboxylic acid groups (broad SMARTS) is 1. The van der Waals surface area contributed by atoms with Crippen LogP contribution in [0.25, 0.3) is 0 Å². The zero-order chi connectivity index (χ0) is 12.8. The van der Waals surface area contributed by atoms with Crippen LogP contribution in [0.2, 0.25) is 0 Å². The molecule has 0 aromatic carbocycles. The molecule has 0 amide bonds. The fourth-order valence-electron chi connectivity index (χ4n) is 2.42. The smallest absolute Gasteiger partial charge is 0.310 e. The van der Waals surface area contributed by atoms with Gasteiger partial charge in [0.1, 0.15) is 6.10 Å². The largest absolute Gasteiger partial charge is 0.481 e.